The molecule has 2 N–H and O–H groups in total. The first-order valence-corrected chi connectivity index (χ1v) is 6.01. The van der Waals surface area contributed by atoms with Gasteiger partial charge in [0.1, 0.15) is 17.8 Å². The van der Waals surface area contributed by atoms with Crippen molar-refractivity contribution in [1.29, 1.82) is 0 Å². The van der Waals surface area contributed by atoms with Gasteiger partial charge >= 0.3 is 0 Å². The predicted octanol–water partition coefficient (Wildman–Crippen LogP) is 1.95. The van der Waals surface area contributed by atoms with Crippen LogP contribution in [0.5, 0.6) is 0 Å². The van der Waals surface area contributed by atoms with Gasteiger partial charge in [-0.3, -0.25) is 4.99 Å². The molecule has 3 rings (SSSR count). The highest BCUT2D eigenvalue weighted by atomic mass is 15.1. The fourth-order valence-electron chi connectivity index (χ4n) is 2.24. The molecule has 0 radical (unpaired) electrons. The fraction of sp³-hybridized carbons (Fsp3) is 0.308. The zero-order chi connectivity index (χ0) is 12.7. The number of aliphatic imine (C=N–C) groups is 1. The summed E-state index contributed by atoms with van der Waals surface area (Å²) in [6.07, 6.45) is 7.63. The minimum atomic E-state index is 0.321. The van der Waals surface area contributed by atoms with Crippen LogP contribution in [-0.4, -0.2) is 26.8 Å². The topological polar surface area (TPSA) is 69.1 Å². The van der Waals surface area contributed by atoms with E-state index in [1.54, 1.807) is 0 Å². The Morgan fingerprint density at radius 3 is 2.83 bits per heavy atom. The third-order valence-electron chi connectivity index (χ3n) is 3.11. The van der Waals surface area contributed by atoms with E-state index in [4.69, 9.17) is 5.73 Å². The summed E-state index contributed by atoms with van der Waals surface area (Å²) in [5.41, 5.74) is 8.84. The first-order chi connectivity index (χ1) is 8.68. The molecule has 92 valence electrons. The molecule has 0 saturated heterocycles. The summed E-state index contributed by atoms with van der Waals surface area (Å²) in [6.45, 7) is 4.97. The maximum absolute atomic E-state index is 5.99. The van der Waals surface area contributed by atoms with Crippen LogP contribution in [0.3, 0.4) is 0 Å². The molecule has 0 aromatic carbocycles. The molecule has 1 aliphatic rings. The van der Waals surface area contributed by atoms with Gasteiger partial charge in [0.2, 0.25) is 0 Å². The molecule has 0 fully saturated rings. The average molecular weight is 241 g/mol. The van der Waals surface area contributed by atoms with Gasteiger partial charge in [0.25, 0.3) is 0 Å². The first kappa shape index (κ1) is 11.0. The number of nitrogens with zero attached hydrogens (tertiary/aromatic N) is 4. The Hall–Kier alpha value is -2.17. The minimum Gasteiger partial charge on any atom is -0.383 e. The van der Waals surface area contributed by atoms with Crippen LogP contribution in [0, 0.1) is 0 Å². The molecule has 0 spiro atoms. The summed E-state index contributed by atoms with van der Waals surface area (Å²) in [4.78, 5) is 12.9. The van der Waals surface area contributed by atoms with Gasteiger partial charge in [0.05, 0.1) is 17.6 Å². The Bertz CT molecular complexity index is 663. The van der Waals surface area contributed by atoms with Gasteiger partial charge in [-0.15, -0.1) is 0 Å². The molecule has 1 aliphatic heterocycles. The molecule has 0 aliphatic carbocycles. The van der Waals surface area contributed by atoms with Gasteiger partial charge < -0.3 is 10.3 Å². The number of fused-ring (bicyclic) bond motifs is 1. The van der Waals surface area contributed by atoms with Crippen molar-refractivity contribution in [2.24, 2.45) is 4.99 Å². The Balaban J connectivity index is 2.34. The van der Waals surface area contributed by atoms with Crippen molar-refractivity contribution in [2.75, 3.05) is 12.3 Å². The van der Waals surface area contributed by atoms with E-state index in [0.29, 0.717) is 11.9 Å². The average Bonchev–Trinajstić information content (AvgIpc) is 2.95. The monoisotopic (exact) mass is 241 g/mol. The lowest BCUT2D eigenvalue weighted by Gasteiger charge is -2.07. The SMILES string of the molecule is CC(C)n1cc(C2=NCC=C2)c2c(N)ncnc21. The van der Waals surface area contributed by atoms with Crippen LogP contribution in [0.1, 0.15) is 25.5 Å². The second kappa shape index (κ2) is 3.94. The highest BCUT2D eigenvalue weighted by molar-refractivity contribution is 6.18. The number of rotatable bonds is 2. The van der Waals surface area contributed by atoms with E-state index in [-0.39, 0.29) is 0 Å². The van der Waals surface area contributed by atoms with E-state index in [9.17, 15) is 0 Å². The van der Waals surface area contributed by atoms with Crippen molar-refractivity contribution in [3.8, 4) is 0 Å². The van der Waals surface area contributed by atoms with Crippen molar-refractivity contribution < 1.29 is 0 Å². The molecular formula is C13H15N5. The summed E-state index contributed by atoms with van der Waals surface area (Å²) in [7, 11) is 0. The smallest absolute Gasteiger partial charge is 0.146 e. The van der Waals surface area contributed by atoms with E-state index in [1.165, 1.54) is 6.33 Å². The molecular weight excluding hydrogens is 226 g/mol. The van der Waals surface area contributed by atoms with E-state index < -0.39 is 0 Å². The summed E-state index contributed by atoms with van der Waals surface area (Å²) in [5.74, 6) is 0.511. The van der Waals surface area contributed by atoms with Gasteiger partial charge in [-0.25, -0.2) is 9.97 Å². The van der Waals surface area contributed by atoms with Crippen molar-refractivity contribution >= 4 is 22.6 Å². The molecule has 0 saturated carbocycles. The zero-order valence-electron chi connectivity index (χ0n) is 10.5. The number of nitrogens with two attached hydrogens (primary N) is 1. The number of allylic oxidation sites excluding steroid dienone is 1. The molecule has 0 unspecified atom stereocenters. The highest BCUT2D eigenvalue weighted by Crippen LogP contribution is 2.27. The molecule has 2 aromatic heterocycles. The Kier molecular flexibility index (Phi) is 2.40. The highest BCUT2D eigenvalue weighted by Gasteiger charge is 2.18. The van der Waals surface area contributed by atoms with Crippen LogP contribution in [0.25, 0.3) is 11.0 Å². The molecule has 2 aromatic rings. The van der Waals surface area contributed by atoms with Gasteiger partial charge in [0.15, 0.2) is 0 Å². The Morgan fingerprint density at radius 1 is 1.33 bits per heavy atom. The minimum absolute atomic E-state index is 0.321. The second-order valence-electron chi connectivity index (χ2n) is 4.63. The Labute approximate surface area is 105 Å². The van der Waals surface area contributed by atoms with E-state index >= 15 is 0 Å². The maximum Gasteiger partial charge on any atom is 0.146 e. The lowest BCUT2D eigenvalue weighted by atomic mass is 10.1. The predicted molar refractivity (Wildman–Crippen MR) is 72.9 cm³/mol. The van der Waals surface area contributed by atoms with Crippen LogP contribution in [0.15, 0.2) is 29.7 Å². The standard InChI is InChI=1S/C13H15N5/c1-8(2)18-6-9(10-4-3-5-15-10)11-12(14)16-7-17-13(11)18/h3-4,6-8H,5H2,1-2H3,(H2,14,16,17). The van der Waals surface area contributed by atoms with Crippen molar-refractivity contribution in [2.45, 2.75) is 19.9 Å². The van der Waals surface area contributed by atoms with Gasteiger partial charge in [0, 0.05) is 17.8 Å². The van der Waals surface area contributed by atoms with E-state index in [0.717, 1.165) is 28.9 Å². The lowest BCUT2D eigenvalue weighted by Crippen LogP contribution is -2.00. The normalized spacial score (nSPS) is 14.7. The molecule has 0 amide bonds. The van der Waals surface area contributed by atoms with Crippen molar-refractivity contribution in [3.05, 3.63) is 30.2 Å². The van der Waals surface area contributed by atoms with E-state index in [1.807, 2.05) is 12.2 Å². The molecule has 5 nitrogen and oxygen atoms in total. The van der Waals surface area contributed by atoms with E-state index in [2.05, 4.69) is 39.6 Å². The molecule has 0 bridgehead atoms. The van der Waals surface area contributed by atoms with Crippen LogP contribution in [-0.2, 0) is 0 Å². The van der Waals surface area contributed by atoms with Crippen LogP contribution in [0.2, 0.25) is 0 Å². The molecule has 3 heterocycles. The summed E-state index contributed by atoms with van der Waals surface area (Å²) >= 11 is 0. The Morgan fingerprint density at radius 2 is 2.17 bits per heavy atom. The van der Waals surface area contributed by atoms with Gasteiger partial charge in [-0.1, -0.05) is 6.08 Å². The summed E-state index contributed by atoms with van der Waals surface area (Å²) in [5, 5.41) is 0.900. The number of aromatic nitrogens is 3. The number of nitrogen functional groups attached to an aromatic ring is 1. The fourth-order valence-corrected chi connectivity index (χ4v) is 2.24. The number of hydrogen-bond acceptors (Lipinski definition) is 4. The third kappa shape index (κ3) is 1.51. The second-order valence-corrected chi connectivity index (χ2v) is 4.63. The number of anilines is 1. The lowest BCUT2D eigenvalue weighted by molar-refractivity contribution is 0.617. The zero-order valence-corrected chi connectivity index (χ0v) is 10.5. The molecule has 5 heteroatoms. The first-order valence-electron chi connectivity index (χ1n) is 6.01. The van der Waals surface area contributed by atoms with Crippen LogP contribution in [0.4, 0.5) is 5.82 Å². The number of hydrogen-bond donors (Lipinski definition) is 1. The quantitative estimate of drug-likeness (QED) is 0.873. The third-order valence-corrected chi connectivity index (χ3v) is 3.11. The van der Waals surface area contributed by atoms with Crippen molar-refractivity contribution in [3.63, 3.8) is 0 Å². The van der Waals surface area contributed by atoms with Crippen molar-refractivity contribution in [1.82, 2.24) is 14.5 Å². The maximum atomic E-state index is 5.99. The van der Waals surface area contributed by atoms with Gasteiger partial charge in [-0.2, -0.15) is 0 Å². The van der Waals surface area contributed by atoms with Crippen LogP contribution >= 0.6 is 0 Å². The molecule has 18 heavy (non-hydrogen) atoms. The van der Waals surface area contributed by atoms with Crippen LogP contribution < -0.4 is 5.73 Å². The van der Waals surface area contributed by atoms with Gasteiger partial charge in [-0.05, 0) is 19.9 Å². The largest absolute Gasteiger partial charge is 0.383 e. The summed E-state index contributed by atoms with van der Waals surface area (Å²) < 4.78 is 2.11. The summed E-state index contributed by atoms with van der Waals surface area (Å²) in [6, 6.07) is 0.321. The molecule has 0 atom stereocenters.